The predicted octanol–water partition coefficient (Wildman–Crippen LogP) is 4.49. The number of amides is 1. The molecule has 0 aliphatic heterocycles. The third-order valence-electron chi connectivity index (χ3n) is 4.33. The number of nitrogens with zero attached hydrogens (tertiary/aromatic N) is 1. The van der Waals surface area contributed by atoms with Crippen molar-refractivity contribution in [3.8, 4) is 0 Å². The Morgan fingerprint density at radius 1 is 1.24 bits per heavy atom. The van der Waals surface area contributed by atoms with Crippen molar-refractivity contribution in [3.05, 3.63) is 35.9 Å². The van der Waals surface area contributed by atoms with Crippen LogP contribution >= 0.6 is 11.8 Å². The van der Waals surface area contributed by atoms with E-state index in [4.69, 9.17) is 0 Å². The summed E-state index contributed by atoms with van der Waals surface area (Å²) in [6.07, 6.45) is 6.27. The van der Waals surface area contributed by atoms with Crippen LogP contribution in [-0.2, 0) is 10.5 Å². The van der Waals surface area contributed by atoms with Gasteiger partial charge in [0.05, 0.1) is 5.25 Å². The van der Waals surface area contributed by atoms with Crippen molar-refractivity contribution in [2.75, 3.05) is 6.54 Å². The maximum atomic E-state index is 12.7. The summed E-state index contributed by atoms with van der Waals surface area (Å²) in [4.78, 5) is 14.8. The minimum absolute atomic E-state index is 0.0482. The number of carbonyl (C=O) groups is 1. The lowest BCUT2D eigenvalue weighted by Gasteiger charge is -2.35. The van der Waals surface area contributed by atoms with Crippen LogP contribution < -0.4 is 0 Å². The molecular formula is C18H27NOS. The molecule has 2 nitrogen and oxygen atoms in total. The van der Waals surface area contributed by atoms with E-state index in [0.29, 0.717) is 11.9 Å². The van der Waals surface area contributed by atoms with E-state index < -0.39 is 0 Å². The van der Waals surface area contributed by atoms with Gasteiger partial charge in [0.1, 0.15) is 0 Å². The van der Waals surface area contributed by atoms with Gasteiger partial charge in [0.15, 0.2) is 0 Å². The number of benzene rings is 1. The SMILES string of the molecule is CCN(C(=O)C(C)SCc1ccccc1)C1CCCCC1. The summed E-state index contributed by atoms with van der Waals surface area (Å²) in [5.74, 6) is 1.24. The largest absolute Gasteiger partial charge is 0.339 e. The van der Waals surface area contributed by atoms with Gasteiger partial charge in [-0.05, 0) is 32.3 Å². The van der Waals surface area contributed by atoms with Gasteiger partial charge in [-0.1, -0.05) is 49.6 Å². The second-order valence-corrected chi connectivity index (χ2v) is 7.18. The van der Waals surface area contributed by atoms with Crippen LogP contribution in [0, 0.1) is 0 Å². The number of thioether (sulfide) groups is 1. The highest BCUT2D eigenvalue weighted by atomic mass is 32.2. The van der Waals surface area contributed by atoms with Gasteiger partial charge in [0.25, 0.3) is 0 Å². The molecule has 2 rings (SSSR count). The maximum Gasteiger partial charge on any atom is 0.235 e. The Hall–Kier alpha value is -0.960. The van der Waals surface area contributed by atoms with Crippen LogP contribution in [0.25, 0.3) is 0 Å². The minimum atomic E-state index is 0.0482. The van der Waals surface area contributed by atoms with Gasteiger partial charge in [-0.2, -0.15) is 0 Å². The molecule has 3 heteroatoms. The van der Waals surface area contributed by atoms with E-state index >= 15 is 0 Å². The number of rotatable bonds is 6. The van der Waals surface area contributed by atoms with E-state index in [1.54, 1.807) is 11.8 Å². The summed E-state index contributed by atoms with van der Waals surface area (Å²) < 4.78 is 0. The normalized spacial score (nSPS) is 17.4. The van der Waals surface area contributed by atoms with Crippen molar-refractivity contribution < 1.29 is 4.79 Å². The molecule has 1 aromatic carbocycles. The van der Waals surface area contributed by atoms with Crippen molar-refractivity contribution in [2.24, 2.45) is 0 Å². The molecule has 0 radical (unpaired) electrons. The molecule has 0 bridgehead atoms. The van der Waals surface area contributed by atoms with Crippen LogP contribution in [0.1, 0.15) is 51.5 Å². The topological polar surface area (TPSA) is 20.3 Å². The molecule has 0 aromatic heterocycles. The molecule has 1 unspecified atom stereocenters. The molecule has 0 spiro atoms. The molecule has 0 saturated heterocycles. The highest BCUT2D eigenvalue weighted by Crippen LogP contribution is 2.26. The first-order valence-electron chi connectivity index (χ1n) is 8.18. The summed E-state index contributed by atoms with van der Waals surface area (Å²) in [7, 11) is 0. The van der Waals surface area contributed by atoms with E-state index in [-0.39, 0.29) is 5.25 Å². The fourth-order valence-electron chi connectivity index (χ4n) is 3.09. The fraction of sp³-hybridized carbons (Fsp3) is 0.611. The van der Waals surface area contributed by atoms with Crippen LogP contribution in [0.4, 0.5) is 0 Å². The second kappa shape index (κ2) is 8.47. The maximum absolute atomic E-state index is 12.7. The molecule has 1 saturated carbocycles. The molecule has 1 aliphatic carbocycles. The third kappa shape index (κ3) is 4.77. The third-order valence-corrected chi connectivity index (χ3v) is 5.53. The van der Waals surface area contributed by atoms with E-state index in [1.807, 2.05) is 6.07 Å². The van der Waals surface area contributed by atoms with E-state index in [0.717, 1.165) is 12.3 Å². The highest BCUT2D eigenvalue weighted by molar-refractivity contribution is 7.99. The summed E-state index contributed by atoms with van der Waals surface area (Å²) in [5, 5.41) is 0.0482. The zero-order valence-electron chi connectivity index (χ0n) is 13.3. The molecule has 21 heavy (non-hydrogen) atoms. The Bertz CT molecular complexity index is 428. The summed E-state index contributed by atoms with van der Waals surface area (Å²) in [6, 6.07) is 10.9. The molecule has 116 valence electrons. The Morgan fingerprint density at radius 3 is 2.52 bits per heavy atom. The average molecular weight is 305 g/mol. The summed E-state index contributed by atoms with van der Waals surface area (Å²) >= 11 is 1.75. The van der Waals surface area contributed by atoms with Gasteiger partial charge in [-0.25, -0.2) is 0 Å². The van der Waals surface area contributed by atoms with Crippen LogP contribution in [0.15, 0.2) is 30.3 Å². The van der Waals surface area contributed by atoms with Gasteiger partial charge >= 0.3 is 0 Å². The molecule has 1 atom stereocenters. The predicted molar refractivity (Wildman–Crippen MR) is 91.5 cm³/mol. The fourth-order valence-corrected chi connectivity index (χ4v) is 4.00. The second-order valence-electron chi connectivity index (χ2n) is 5.85. The van der Waals surface area contributed by atoms with E-state index in [1.165, 1.54) is 37.7 Å². The van der Waals surface area contributed by atoms with Crippen LogP contribution in [0.3, 0.4) is 0 Å². The monoisotopic (exact) mass is 305 g/mol. The Balaban J connectivity index is 1.87. The average Bonchev–Trinajstić information content (AvgIpc) is 2.55. The van der Waals surface area contributed by atoms with Gasteiger partial charge in [0, 0.05) is 18.3 Å². The molecule has 1 aromatic rings. The molecule has 1 aliphatic rings. The molecule has 0 N–H and O–H groups in total. The number of hydrogen-bond acceptors (Lipinski definition) is 2. The quantitative estimate of drug-likeness (QED) is 0.772. The first-order valence-corrected chi connectivity index (χ1v) is 9.23. The van der Waals surface area contributed by atoms with Crippen molar-refractivity contribution >= 4 is 17.7 Å². The van der Waals surface area contributed by atoms with Crippen molar-refractivity contribution in [2.45, 2.75) is 63.0 Å². The zero-order valence-corrected chi connectivity index (χ0v) is 14.1. The lowest BCUT2D eigenvalue weighted by Crippen LogP contribution is -2.44. The Morgan fingerprint density at radius 2 is 1.90 bits per heavy atom. The highest BCUT2D eigenvalue weighted by Gasteiger charge is 2.27. The zero-order chi connectivity index (χ0) is 15.1. The smallest absolute Gasteiger partial charge is 0.235 e. The lowest BCUT2D eigenvalue weighted by molar-refractivity contribution is -0.133. The number of carbonyl (C=O) groups excluding carboxylic acids is 1. The molecular weight excluding hydrogens is 278 g/mol. The minimum Gasteiger partial charge on any atom is -0.339 e. The lowest BCUT2D eigenvalue weighted by atomic mass is 9.94. The number of hydrogen-bond donors (Lipinski definition) is 0. The molecule has 0 heterocycles. The van der Waals surface area contributed by atoms with E-state index in [2.05, 4.69) is 43.0 Å². The summed E-state index contributed by atoms with van der Waals surface area (Å²) in [5.41, 5.74) is 1.29. The molecule has 1 fully saturated rings. The van der Waals surface area contributed by atoms with Gasteiger partial charge < -0.3 is 4.90 Å². The van der Waals surface area contributed by atoms with Gasteiger partial charge in [-0.3, -0.25) is 4.79 Å². The van der Waals surface area contributed by atoms with Crippen LogP contribution in [0.5, 0.6) is 0 Å². The van der Waals surface area contributed by atoms with Gasteiger partial charge in [-0.15, -0.1) is 11.8 Å². The Kier molecular flexibility index (Phi) is 6.62. The van der Waals surface area contributed by atoms with Crippen molar-refractivity contribution in [1.82, 2.24) is 4.90 Å². The summed E-state index contributed by atoms with van der Waals surface area (Å²) in [6.45, 7) is 5.02. The van der Waals surface area contributed by atoms with Gasteiger partial charge in [0.2, 0.25) is 5.91 Å². The van der Waals surface area contributed by atoms with Crippen LogP contribution in [-0.4, -0.2) is 28.6 Å². The standard InChI is InChI=1S/C18H27NOS/c1-3-19(17-12-8-5-9-13-17)18(20)15(2)21-14-16-10-6-4-7-11-16/h4,6-7,10-11,15,17H,3,5,8-9,12-14H2,1-2H3. The first-order chi connectivity index (χ1) is 10.2. The molecule has 1 amide bonds. The van der Waals surface area contributed by atoms with Crippen molar-refractivity contribution in [3.63, 3.8) is 0 Å². The van der Waals surface area contributed by atoms with Crippen LogP contribution in [0.2, 0.25) is 0 Å². The van der Waals surface area contributed by atoms with Crippen molar-refractivity contribution in [1.29, 1.82) is 0 Å². The Labute approximate surface area is 133 Å². The first kappa shape index (κ1) is 16.4. The van der Waals surface area contributed by atoms with E-state index in [9.17, 15) is 4.79 Å².